The number of benzene rings is 1. The molecule has 1 heterocycles. The monoisotopic (exact) mass is 261 g/mol. The molecule has 5 nitrogen and oxygen atoms in total. The van der Waals surface area contributed by atoms with Crippen LogP contribution in [0.2, 0.25) is 0 Å². The van der Waals surface area contributed by atoms with Crippen LogP contribution in [0.3, 0.4) is 0 Å². The van der Waals surface area contributed by atoms with Gasteiger partial charge in [0.1, 0.15) is 5.82 Å². The van der Waals surface area contributed by atoms with Crippen molar-refractivity contribution in [2.45, 2.75) is 6.92 Å². The summed E-state index contributed by atoms with van der Waals surface area (Å²) < 4.78 is 13.3. The van der Waals surface area contributed by atoms with E-state index in [0.717, 1.165) is 5.56 Å². The van der Waals surface area contributed by atoms with Gasteiger partial charge >= 0.3 is 5.97 Å². The van der Waals surface area contributed by atoms with Crippen molar-refractivity contribution in [2.24, 2.45) is 0 Å². The van der Waals surface area contributed by atoms with Gasteiger partial charge in [0, 0.05) is 5.69 Å². The molecule has 0 atom stereocenters. The number of nitrogen functional groups attached to an aromatic ring is 1. The third-order valence-corrected chi connectivity index (χ3v) is 2.45. The number of halogens is 1. The number of nitrogens with zero attached hydrogens (tertiary/aromatic N) is 1. The Hall–Kier alpha value is -2.63. The van der Waals surface area contributed by atoms with Crippen molar-refractivity contribution in [3.05, 3.63) is 47.4 Å². The molecular formula is C13H12FN3O2. The summed E-state index contributed by atoms with van der Waals surface area (Å²) in [5.41, 5.74) is 7.04. The molecule has 4 N–H and O–H groups in total. The number of rotatable bonds is 3. The predicted octanol–water partition coefficient (Wildman–Crippen LogP) is 2.55. The standard InChI is InChI=1S/C13H12FN3O2/c1-7-4-8(14)6-9(5-7)16-12-10(15)2-3-11(17-12)13(18)19/h2-6H,15H2,1H3,(H,16,17)(H,18,19). The second-order valence-corrected chi connectivity index (χ2v) is 4.08. The number of carboxylic acid groups (broad SMARTS) is 1. The molecule has 0 saturated carbocycles. The fraction of sp³-hybridized carbons (Fsp3) is 0.0769. The maximum Gasteiger partial charge on any atom is 0.354 e. The van der Waals surface area contributed by atoms with E-state index >= 15 is 0 Å². The van der Waals surface area contributed by atoms with Crippen LogP contribution in [0.15, 0.2) is 30.3 Å². The number of hydrogen-bond acceptors (Lipinski definition) is 4. The topological polar surface area (TPSA) is 88.2 Å². The summed E-state index contributed by atoms with van der Waals surface area (Å²) in [6.07, 6.45) is 0. The maximum absolute atomic E-state index is 13.3. The number of nitrogens with two attached hydrogens (primary N) is 1. The molecule has 0 unspecified atom stereocenters. The van der Waals surface area contributed by atoms with E-state index in [1.54, 1.807) is 13.0 Å². The highest BCUT2D eigenvalue weighted by atomic mass is 19.1. The van der Waals surface area contributed by atoms with Crippen LogP contribution in [0.4, 0.5) is 21.6 Å². The number of carbonyl (C=O) groups is 1. The van der Waals surface area contributed by atoms with E-state index in [1.807, 2.05) is 0 Å². The van der Waals surface area contributed by atoms with Crippen LogP contribution < -0.4 is 11.1 Å². The summed E-state index contributed by atoms with van der Waals surface area (Å²) in [5, 5.41) is 11.7. The van der Waals surface area contributed by atoms with Crippen molar-refractivity contribution >= 4 is 23.2 Å². The van der Waals surface area contributed by atoms with Gasteiger partial charge in [-0.05, 0) is 42.8 Å². The minimum atomic E-state index is -1.15. The maximum atomic E-state index is 13.3. The lowest BCUT2D eigenvalue weighted by molar-refractivity contribution is 0.0690. The zero-order chi connectivity index (χ0) is 14.0. The summed E-state index contributed by atoms with van der Waals surface area (Å²) in [5.74, 6) is -1.36. The number of nitrogens with one attached hydrogen (secondary N) is 1. The molecule has 0 aliphatic rings. The Labute approximate surface area is 108 Å². The fourth-order valence-electron chi connectivity index (χ4n) is 1.63. The first kappa shape index (κ1) is 12.8. The zero-order valence-corrected chi connectivity index (χ0v) is 10.1. The lowest BCUT2D eigenvalue weighted by Crippen LogP contribution is -2.06. The minimum absolute atomic E-state index is 0.134. The first-order valence-corrected chi connectivity index (χ1v) is 5.50. The Morgan fingerprint density at radius 3 is 2.74 bits per heavy atom. The zero-order valence-electron chi connectivity index (χ0n) is 10.1. The van der Waals surface area contributed by atoms with Gasteiger partial charge in [0.15, 0.2) is 11.5 Å². The van der Waals surface area contributed by atoms with E-state index < -0.39 is 11.8 Å². The Bertz CT molecular complexity index is 624. The average Bonchev–Trinajstić information content (AvgIpc) is 2.30. The number of carboxylic acids is 1. The van der Waals surface area contributed by atoms with Gasteiger partial charge < -0.3 is 16.2 Å². The van der Waals surface area contributed by atoms with Crippen molar-refractivity contribution < 1.29 is 14.3 Å². The largest absolute Gasteiger partial charge is 0.477 e. The molecule has 0 fully saturated rings. The van der Waals surface area contributed by atoms with Crippen LogP contribution in [-0.4, -0.2) is 16.1 Å². The van der Waals surface area contributed by atoms with Gasteiger partial charge in [-0.1, -0.05) is 0 Å². The second kappa shape index (κ2) is 4.93. The highest BCUT2D eigenvalue weighted by molar-refractivity contribution is 5.87. The number of pyridine rings is 1. The van der Waals surface area contributed by atoms with E-state index in [4.69, 9.17) is 10.8 Å². The van der Waals surface area contributed by atoms with Crippen LogP contribution in [0, 0.1) is 12.7 Å². The van der Waals surface area contributed by atoms with E-state index in [9.17, 15) is 9.18 Å². The number of aromatic nitrogens is 1. The molecule has 1 aromatic carbocycles. The molecule has 98 valence electrons. The number of anilines is 3. The Balaban J connectivity index is 2.37. The third kappa shape index (κ3) is 2.98. The second-order valence-electron chi connectivity index (χ2n) is 4.08. The van der Waals surface area contributed by atoms with E-state index in [-0.39, 0.29) is 17.2 Å². The minimum Gasteiger partial charge on any atom is -0.477 e. The summed E-state index contributed by atoms with van der Waals surface area (Å²) in [7, 11) is 0. The predicted molar refractivity (Wildman–Crippen MR) is 70.0 cm³/mol. The Morgan fingerprint density at radius 1 is 1.37 bits per heavy atom. The Kier molecular flexibility index (Phi) is 3.33. The molecule has 0 radical (unpaired) electrons. The van der Waals surface area contributed by atoms with E-state index in [0.29, 0.717) is 5.69 Å². The molecule has 0 amide bonds. The van der Waals surface area contributed by atoms with Gasteiger partial charge in [0.25, 0.3) is 0 Å². The third-order valence-electron chi connectivity index (χ3n) is 2.45. The molecule has 0 saturated heterocycles. The van der Waals surface area contributed by atoms with Crippen molar-refractivity contribution in [1.29, 1.82) is 0 Å². The fourth-order valence-corrected chi connectivity index (χ4v) is 1.63. The van der Waals surface area contributed by atoms with Crippen LogP contribution >= 0.6 is 0 Å². The van der Waals surface area contributed by atoms with Crippen LogP contribution in [0.25, 0.3) is 0 Å². The smallest absolute Gasteiger partial charge is 0.354 e. The summed E-state index contributed by atoms with van der Waals surface area (Å²) in [6.45, 7) is 1.75. The molecule has 2 rings (SSSR count). The van der Waals surface area contributed by atoms with Crippen molar-refractivity contribution in [2.75, 3.05) is 11.1 Å². The van der Waals surface area contributed by atoms with Crippen LogP contribution in [0.1, 0.15) is 16.1 Å². The molecule has 2 aromatic rings. The van der Waals surface area contributed by atoms with E-state index in [2.05, 4.69) is 10.3 Å². The van der Waals surface area contributed by atoms with Crippen molar-refractivity contribution in [1.82, 2.24) is 4.98 Å². The molecule has 0 spiro atoms. The number of aromatic carboxylic acids is 1. The molecular weight excluding hydrogens is 249 g/mol. The quantitative estimate of drug-likeness (QED) is 0.790. The van der Waals surface area contributed by atoms with Gasteiger partial charge in [0.2, 0.25) is 0 Å². The van der Waals surface area contributed by atoms with Gasteiger partial charge in [-0.2, -0.15) is 0 Å². The van der Waals surface area contributed by atoms with Gasteiger partial charge in [-0.15, -0.1) is 0 Å². The van der Waals surface area contributed by atoms with Crippen LogP contribution in [0.5, 0.6) is 0 Å². The van der Waals surface area contributed by atoms with Gasteiger partial charge in [-0.25, -0.2) is 14.2 Å². The highest BCUT2D eigenvalue weighted by Gasteiger charge is 2.09. The molecule has 0 aliphatic heterocycles. The highest BCUT2D eigenvalue weighted by Crippen LogP contribution is 2.22. The molecule has 1 aromatic heterocycles. The number of hydrogen-bond donors (Lipinski definition) is 3. The van der Waals surface area contributed by atoms with Gasteiger partial charge in [0.05, 0.1) is 5.69 Å². The lowest BCUT2D eigenvalue weighted by atomic mass is 10.2. The molecule has 6 heteroatoms. The Morgan fingerprint density at radius 2 is 2.11 bits per heavy atom. The lowest BCUT2D eigenvalue weighted by Gasteiger charge is -2.10. The normalized spacial score (nSPS) is 10.2. The molecule has 19 heavy (non-hydrogen) atoms. The number of aryl methyl sites for hydroxylation is 1. The van der Waals surface area contributed by atoms with E-state index in [1.165, 1.54) is 24.3 Å². The van der Waals surface area contributed by atoms with Crippen molar-refractivity contribution in [3.8, 4) is 0 Å². The first-order valence-electron chi connectivity index (χ1n) is 5.50. The first-order chi connectivity index (χ1) is 8.95. The summed E-state index contributed by atoms with van der Waals surface area (Å²) >= 11 is 0. The molecule has 0 aliphatic carbocycles. The van der Waals surface area contributed by atoms with Crippen LogP contribution in [-0.2, 0) is 0 Å². The molecule has 0 bridgehead atoms. The SMILES string of the molecule is Cc1cc(F)cc(Nc2nc(C(=O)O)ccc2N)c1. The average molecular weight is 261 g/mol. The summed E-state index contributed by atoms with van der Waals surface area (Å²) in [4.78, 5) is 14.7. The van der Waals surface area contributed by atoms with Gasteiger partial charge in [-0.3, -0.25) is 0 Å². The van der Waals surface area contributed by atoms with Crippen molar-refractivity contribution in [3.63, 3.8) is 0 Å². The summed E-state index contributed by atoms with van der Waals surface area (Å²) in [6, 6.07) is 7.11.